The first kappa shape index (κ1) is 51.7. The van der Waals surface area contributed by atoms with E-state index in [0.29, 0.717) is 28.2 Å². The fraction of sp³-hybridized carbons (Fsp3) is 0.246. The lowest BCUT2D eigenvalue weighted by atomic mass is 9.85. The number of fused-ring (bicyclic) bond motifs is 6. The van der Waals surface area contributed by atoms with Gasteiger partial charge in [-0.3, -0.25) is 0 Å². The topological polar surface area (TPSA) is 72.3 Å². The Morgan fingerprint density at radius 2 is 0.731 bits per heavy atom. The van der Waals surface area contributed by atoms with Crippen molar-refractivity contribution in [3.63, 3.8) is 0 Å². The van der Waals surface area contributed by atoms with Gasteiger partial charge in [0.15, 0.2) is 17.5 Å². The van der Waals surface area contributed by atoms with Crippen molar-refractivity contribution in [3.05, 3.63) is 197 Å². The van der Waals surface area contributed by atoms with Crippen LogP contribution in [0.5, 0.6) is 0 Å². The SMILES string of the molecule is CC(C)(C)c1ccc2c(c1)c1cc(C(C)(C)C)ccc1n2-c1ccc(-c2cccc(C#N)c2)cc1-c1nc(-c2ccccc2)nc(-c2cc(C(F)(F)F)ccc2-n2c3ccc(C(C)(C)C)cc3c3cc(C(C)(C)C)ccc32)n1. The van der Waals surface area contributed by atoms with E-state index >= 15 is 13.2 Å². The van der Waals surface area contributed by atoms with Crippen LogP contribution < -0.4 is 0 Å². The van der Waals surface area contributed by atoms with Crippen molar-refractivity contribution >= 4 is 43.6 Å². The van der Waals surface area contributed by atoms with E-state index < -0.39 is 11.7 Å². The predicted molar refractivity (Wildman–Crippen MR) is 315 cm³/mol. The third-order valence-electron chi connectivity index (χ3n) is 15.3. The smallest absolute Gasteiger partial charge is 0.309 e. The van der Waals surface area contributed by atoms with E-state index in [-0.39, 0.29) is 38.9 Å². The largest absolute Gasteiger partial charge is 0.416 e. The van der Waals surface area contributed by atoms with E-state index in [4.69, 9.17) is 15.0 Å². The van der Waals surface area contributed by atoms with Gasteiger partial charge in [0, 0.05) is 38.2 Å². The summed E-state index contributed by atoms with van der Waals surface area (Å²) in [5.41, 5.74) is 11.7. The van der Waals surface area contributed by atoms with E-state index in [9.17, 15) is 5.26 Å². The van der Waals surface area contributed by atoms with Crippen LogP contribution in [0, 0.1) is 11.3 Å². The number of alkyl halides is 3. The second-order valence-electron chi connectivity index (χ2n) is 24.9. The molecule has 0 fully saturated rings. The van der Waals surface area contributed by atoms with Crippen molar-refractivity contribution in [2.24, 2.45) is 0 Å². The molecule has 3 aromatic heterocycles. The molecule has 0 atom stereocenters. The Labute approximate surface area is 454 Å². The molecule has 0 aliphatic carbocycles. The Balaban J connectivity index is 1.25. The van der Waals surface area contributed by atoms with Gasteiger partial charge in [0.25, 0.3) is 0 Å². The Morgan fingerprint density at radius 1 is 0.359 bits per heavy atom. The van der Waals surface area contributed by atoms with Crippen LogP contribution in [0.4, 0.5) is 13.2 Å². The Morgan fingerprint density at radius 3 is 1.14 bits per heavy atom. The molecule has 78 heavy (non-hydrogen) atoms. The molecule has 3 heterocycles. The van der Waals surface area contributed by atoms with Crippen molar-refractivity contribution in [2.75, 3.05) is 0 Å². The minimum atomic E-state index is -4.69. The van der Waals surface area contributed by atoms with Crippen LogP contribution in [0.1, 0.15) is 116 Å². The number of benzene rings is 8. The van der Waals surface area contributed by atoms with Crippen molar-refractivity contribution in [3.8, 4) is 62.7 Å². The summed E-state index contributed by atoms with van der Waals surface area (Å²) in [5, 5.41) is 14.2. The van der Waals surface area contributed by atoms with Crippen LogP contribution in [0.25, 0.3) is 100 Å². The lowest BCUT2D eigenvalue weighted by Gasteiger charge is -2.20. The maximum atomic E-state index is 15.3. The van der Waals surface area contributed by atoms with Gasteiger partial charge >= 0.3 is 6.18 Å². The molecule has 0 amide bonds. The molecule has 0 bridgehead atoms. The summed E-state index contributed by atoms with van der Waals surface area (Å²) in [4.78, 5) is 15.8. The molecule has 0 aliphatic heterocycles. The second kappa shape index (κ2) is 18.4. The molecule has 0 radical (unpaired) electrons. The van der Waals surface area contributed by atoms with Crippen molar-refractivity contribution in [2.45, 2.75) is 111 Å². The first-order chi connectivity index (χ1) is 36.8. The highest BCUT2D eigenvalue weighted by Gasteiger charge is 2.33. The number of hydrogen-bond donors (Lipinski definition) is 0. The zero-order chi connectivity index (χ0) is 55.4. The molecule has 11 rings (SSSR count). The van der Waals surface area contributed by atoms with Gasteiger partial charge in [-0.15, -0.1) is 0 Å². The molecular weight excluding hydrogens is 970 g/mol. The number of halogens is 3. The molecule has 0 saturated carbocycles. The summed E-state index contributed by atoms with van der Waals surface area (Å²) in [6, 6.07) is 55.5. The third kappa shape index (κ3) is 9.31. The molecule has 0 unspecified atom stereocenters. The number of rotatable bonds is 6. The molecule has 6 nitrogen and oxygen atoms in total. The van der Waals surface area contributed by atoms with Gasteiger partial charge in [-0.2, -0.15) is 18.4 Å². The highest BCUT2D eigenvalue weighted by atomic mass is 19.4. The molecule has 0 aliphatic rings. The van der Waals surface area contributed by atoms with E-state index in [1.165, 1.54) is 17.2 Å². The number of nitriles is 1. The summed E-state index contributed by atoms with van der Waals surface area (Å²) in [7, 11) is 0. The monoisotopic (exact) mass is 1030 g/mol. The van der Waals surface area contributed by atoms with Crippen LogP contribution in [0.2, 0.25) is 0 Å². The second-order valence-corrected chi connectivity index (χ2v) is 24.9. The van der Waals surface area contributed by atoms with Gasteiger partial charge in [-0.1, -0.05) is 156 Å². The van der Waals surface area contributed by atoms with Crippen LogP contribution >= 0.6 is 0 Å². The van der Waals surface area contributed by atoms with Gasteiger partial charge in [0.05, 0.1) is 50.6 Å². The van der Waals surface area contributed by atoms with Crippen LogP contribution in [-0.2, 0) is 27.8 Å². The predicted octanol–water partition coefficient (Wildman–Crippen LogP) is 18.8. The minimum Gasteiger partial charge on any atom is -0.309 e. The zero-order valence-corrected chi connectivity index (χ0v) is 46.4. The maximum Gasteiger partial charge on any atom is 0.416 e. The highest BCUT2D eigenvalue weighted by Crippen LogP contribution is 2.45. The van der Waals surface area contributed by atoms with Crippen molar-refractivity contribution in [1.29, 1.82) is 5.26 Å². The van der Waals surface area contributed by atoms with E-state index in [1.807, 2.05) is 60.7 Å². The average Bonchev–Trinajstić information content (AvgIpc) is 4.16. The fourth-order valence-corrected chi connectivity index (χ4v) is 10.7. The first-order valence-electron chi connectivity index (χ1n) is 26.6. The highest BCUT2D eigenvalue weighted by molar-refractivity contribution is 6.11. The molecule has 9 heteroatoms. The number of nitrogens with zero attached hydrogens (tertiary/aromatic N) is 6. The van der Waals surface area contributed by atoms with Gasteiger partial charge in [-0.05, 0) is 146 Å². The minimum absolute atomic E-state index is 0.0715. The molecule has 8 aromatic carbocycles. The Kier molecular flexibility index (Phi) is 12.2. The van der Waals surface area contributed by atoms with Gasteiger partial charge < -0.3 is 9.13 Å². The van der Waals surface area contributed by atoms with Crippen LogP contribution in [-0.4, -0.2) is 24.1 Å². The molecule has 390 valence electrons. The fourth-order valence-electron chi connectivity index (χ4n) is 10.7. The Bertz CT molecular complexity index is 4090. The van der Waals surface area contributed by atoms with E-state index in [2.05, 4.69) is 177 Å². The van der Waals surface area contributed by atoms with E-state index in [1.54, 1.807) is 12.1 Å². The number of hydrogen-bond acceptors (Lipinski definition) is 4. The summed E-state index contributed by atoms with van der Waals surface area (Å²) in [6.45, 7) is 26.4. The summed E-state index contributed by atoms with van der Waals surface area (Å²) in [6.07, 6.45) is -4.69. The molecule has 0 N–H and O–H groups in total. The van der Waals surface area contributed by atoms with Gasteiger partial charge in [-0.25, -0.2) is 15.0 Å². The molecular formula is C69H63F3N6. The molecule has 0 saturated heterocycles. The quantitative estimate of drug-likeness (QED) is 0.166. The number of aromatic nitrogens is 5. The van der Waals surface area contributed by atoms with Gasteiger partial charge in [0.2, 0.25) is 0 Å². The third-order valence-corrected chi connectivity index (χ3v) is 15.3. The lowest BCUT2D eigenvalue weighted by molar-refractivity contribution is -0.137. The van der Waals surface area contributed by atoms with Gasteiger partial charge in [0.1, 0.15) is 0 Å². The lowest BCUT2D eigenvalue weighted by Crippen LogP contribution is -2.11. The molecule has 0 spiro atoms. The standard InChI is InChI=1S/C69H63F3N6/c1-65(2,3)45-22-28-56-50(35-45)51-36-46(66(4,5)6)23-29-57(51)77(56)60-27-21-44(43-20-16-17-41(33-43)40-73)34-54(60)63-74-62(42-18-14-13-15-19-42)75-64(76-63)55-39-49(69(70,71)72)26-32-61(55)78-58-30-24-47(67(7,8)9)37-52(58)53-38-48(68(10,11)12)25-31-59(53)78/h13-39H,1-12H3. The normalized spacial score (nSPS) is 12.8. The molecule has 11 aromatic rings. The van der Waals surface area contributed by atoms with E-state index in [0.717, 1.165) is 77.6 Å². The van der Waals surface area contributed by atoms with Crippen LogP contribution in [0.15, 0.2) is 164 Å². The average molecular weight is 1030 g/mol. The maximum absolute atomic E-state index is 15.3. The zero-order valence-electron chi connectivity index (χ0n) is 46.4. The van der Waals surface area contributed by atoms with Crippen molar-refractivity contribution < 1.29 is 13.2 Å². The van der Waals surface area contributed by atoms with Crippen LogP contribution in [0.3, 0.4) is 0 Å². The summed E-state index contributed by atoms with van der Waals surface area (Å²) >= 11 is 0. The van der Waals surface area contributed by atoms with Crippen molar-refractivity contribution in [1.82, 2.24) is 24.1 Å². The summed E-state index contributed by atoms with van der Waals surface area (Å²) < 4.78 is 50.2. The Hall–Kier alpha value is -8.35. The summed E-state index contributed by atoms with van der Waals surface area (Å²) in [5.74, 6) is 0.623. The first-order valence-corrected chi connectivity index (χ1v) is 26.6.